The third kappa shape index (κ3) is 2.13. The van der Waals surface area contributed by atoms with E-state index in [-0.39, 0.29) is 0 Å². The second-order valence-corrected chi connectivity index (χ2v) is 5.87. The second kappa shape index (κ2) is 4.22. The summed E-state index contributed by atoms with van der Waals surface area (Å²) in [6, 6.07) is 0.946. The van der Waals surface area contributed by atoms with Crippen LogP contribution < -0.4 is 0 Å². The highest BCUT2D eigenvalue weighted by Crippen LogP contribution is 2.34. The minimum Gasteiger partial charge on any atom is -0.300 e. The Hall–Kier alpha value is -0.0400. The highest BCUT2D eigenvalue weighted by molar-refractivity contribution is 4.87. The topological polar surface area (TPSA) is 3.24 Å². The summed E-state index contributed by atoms with van der Waals surface area (Å²) in [7, 11) is 0. The Bertz CT molecular complexity index is 174. The van der Waals surface area contributed by atoms with Crippen LogP contribution in [0, 0.1) is 17.8 Å². The average Bonchev–Trinajstić information content (AvgIpc) is 2.13. The summed E-state index contributed by atoms with van der Waals surface area (Å²) >= 11 is 0. The van der Waals surface area contributed by atoms with Crippen LogP contribution in [0.5, 0.6) is 0 Å². The summed E-state index contributed by atoms with van der Waals surface area (Å²) in [5.41, 5.74) is 0. The predicted molar refractivity (Wildman–Crippen MR) is 61.3 cm³/mol. The largest absolute Gasteiger partial charge is 0.300 e. The van der Waals surface area contributed by atoms with Crippen molar-refractivity contribution >= 4 is 0 Å². The molecular formula is C13H25N. The molecule has 0 N–H and O–H groups in total. The fourth-order valence-electron chi connectivity index (χ4n) is 3.18. The van der Waals surface area contributed by atoms with E-state index >= 15 is 0 Å². The molecule has 1 heteroatoms. The van der Waals surface area contributed by atoms with Gasteiger partial charge in [0.15, 0.2) is 0 Å². The van der Waals surface area contributed by atoms with Crippen LogP contribution >= 0.6 is 0 Å². The minimum atomic E-state index is 0.909. The fourth-order valence-corrected chi connectivity index (χ4v) is 3.18. The lowest BCUT2D eigenvalue weighted by Gasteiger charge is -2.46. The van der Waals surface area contributed by atoms with Crippen LogP contribution in [0.4, 0.5) is 0 Å². The van der Waals surface area contributed by atoms with Gasteiger partial charge in [0.1, 0.15) is 0 Å². The molecule has 0 aromatic heterocycles. The summed E-state index contributed by atoms with van der Waals surface area (Å²) in [4.78, 5) is 2.71. The van der Waals surface area contributed by atoms with E-state index in [1.54, 1.807) is 0 Å². The molecule has 0 unspecified atom stereocenters. The van der Waals surface area contributed by atoms with E-state index in [4.69, 9.17) is 0 Å². The van der Waals surface area contributed by atoms with Crippen LogP contribution in [0.3, 0.4) is 0 Å². The van der Waals surface area contributed by atoms with Crippen molar-refractivity contribution in [2.45, 2.75) is 52.5 Å². The van der Waals surface area contributed by atoms with E-state index in [2.05, 4.69) is 25.7 Å². The Morgan fingerprint density at radius 2 is 1.57 bits per heavy atom. The smallest absolute Gasteiger partial charge is 0.00957 e. The molecule has 1 aliphatic heterocycles. The molecule has 1 heterocycles. The number of hydrogen-bond donors (Lipinski definition) is 0. The molecule has 0 aromatic rings. The van der Waals surface area contributed by atoms with Crippen LogP contribution in [-0.2, 0) is 0 Å². The van der Waals surface area contributed by atoms with Crippen molar-refractivity contribution in [3.05, 3.63) is 0 Å². The first-order valence-electron chi connectivity index (χ1n) is 6.41. The van der Waals surface area contributed by atoms with E-state index in [0.29, 0.717) is 0 Å². The molecule has 0 radical (unpaired) electrons. The van der Waals surface area contributed by atoms with Crippen molar-refractivity contribution in [3.63, 3.8) is 0 Å². The molecule has 0 spiro atoms. The Morgan fingerprint density at radius 3 is 2.00 bits per heavy atom. The normalized spacial score (nSPS) is 36.0. The van der Waals surface area contributed by atoms with E-state index in [9.17, 15) is 0 Å². The Morgan fingerprint density at radius 1 is 1.00 bits per heavy atom. The molecule has 2 rings (SSSR count). The summed E-state index contributed by atoms with van der Waals surface area (Å²) < 4.78 is 0. The van der Waals surface area contributed by atoms with Crippen LogP contribution in [0.25, 0.3) is 0 Å². The first kappa shape index (κ1) is 10.5. The minimum absolute atomic E-state index is 0.909. The van der Waals surface area contributed by atoms with Gasteiger partial charge < -0.3 is 0 Å². The third-order valence-electron chi connectivity index (χ3n) is 4.29. The molecule has 1 saturated heterocycles. The monoisotopic (exact) mass is 195 g/mol. The molecule has 2 fully saturated rings. The van der Waals surface area contributed by atoms with Gasteiger partial charge in [-0.25, -0.2) is 0 Å². The molecule has 14 heavy (non-hydrogen) atoms. The van der Waals surface area contributed by atoms with Crippen molar-refractivity contribution in [2.24, 2.45) is 17.8 Å². The van der Waals surface area contributed by atoms with Gasteiger partial charge in [0.05, 0.1) is 0 Å². The molecule has 1 nitrogen and oxygen atoms in total. The highest BCUT2D eigenvalue weighted by Gasteiger charge is 2.32. The van der Waals surface area contributed by atoms with Crippen LogP contribution in [0.2, 0.25) is 0 Å². The maximum absolute atomic E-state index is 2.71. The Balaban J connectivity index is 1.73. The third-order valence-corrected chi connectivity index (χ3v) is 4.29. The predicted octanol–water partition coefficient (Wildman–Crippen LogP) is 3.15. The van der Waals surface area contributed by atoms with Crippen molar-refractivity contribution in [2.75, 3.05) is 13.1 Å². The van der Waals surface area contributed by atoms with Gasteiger partial charge in [-0.05, 0) is 43.4 Å². The standard InChI is InChI=1S/C13H25N/c1-10(2)12-4-6-13(7-5-12)14-8-11(3)9-14/h10-13H,4-9H2,1-3H3. The average molecular weight is 195 g/mol. The quantitative estimate of drug-likeness (QED) is 0.654. The van der Waals surface area contributed by atoms with Gasteiger partial charge in [-0.2, -0.15) is 0 Å². The van der Waals surface area contributed by atoms with E-state index in [1.165, 1.54) is 38.8 Å². The molecular weight excluding hydrogens is 170 g/mol. The van der Waals surface area contributed by atoms with Gasteiger partial charge in [-0.1, -0.05) is 20.8 Å². The summed E-state index contributed by atoms with van der Waals surface area (Å²) in [5, 5.41) is 0. The molecule has 0 atom stereocenters. The molecule has 0 aromatic carbocycles. The number of nitrogens with zero attached hydrogens (tertiary/aromatic N) is 1. The first-order chi connectivity index (χ1) is 6.66. The van der Waals surface area contributed by atoms with Crippen molar-refractivity contribution in [1.29, 1.82) is 0 Å². The summed E-state index contributed by atoms with van der Waals surface area (Å²) in [6.45, 7) is 9.89. The lowest BCUT2D eigenvalue weighted by Crippen LogP contribution is -2.52. The zero-order valence-electron chi connectivity index (χ0n) is 10.00. The van der Waals surface area contributed by atoms with Gasteiger partial charge in [0.25, 0.3) is 0 Å². The molecule has 1 aliphatic carbocycles. The fraction of sp³-hybridized carbons (Fsp3) is 1.00. The van der Waals surface area contributed by atoms with Crippen LogP contribution in [-0.4, -0.2) is 24.0 Å². The number of likely N-dealkylation sites (tertiary alicyclic amines) is 1. The van der Waals surface area contributed by atoms with Gasteiger partial charge in [0, 0.05) is 19.1 Å². The lowest BCUT2D eigenvalue weighted by atomic mass is 9.78. The van der Waals surface area contributed by atoms with Crippen LogP contribution in [0.15, 0.2) is 0 Å². The van der Waals surface area contributed by atoms with E-state index in [1.807, 2.05) is 0 Å². The van der Waals surface area contributed by atoms with E-state index < -0.39 is 0 Å². The van der Waals surface area contributed by atoms with Gasteiger partial charge >= 0.3 is 0 Å². The molecule has 2 aliphatic rings. The van der Waals surface area contributed by atoms with Gasteiger partial charge in [-0.3, -0.25) is 4.90 Å². The Kier molecular flexibility index (Phi) is 3.16. The van der Waals surface area contributed by atoms with Crippen molar-refractivity contribution in [1.82, 2.24) is 4.90 Å². The van der Waals surface area contributed by atoms with E-state index in [0.717, 1.165) is 23.8 Å². The van der Waals surface area contributed by atoms with Gasteiger partial charge in [0.2, 0.25) is 0 Å². The molecule has 0 bridgehead atoms. The maximum Gasteiger partial charge on any atom is 0.00957 e. The molecule has 1 saturated carbocycles. The SMILES string of the molecule is CC1CN(C2CCC(C(C)C)CC2)C1. The van der Waals surface area contributed by atoms with Crippen molar-refractivity contribution < 1.29 is 0 Å². The van der Waals surface area contributed by atoms with Crippen molar-refractivity contribution in [3.8, 4) is 0 Å². The van der Waals surface area contributed by atoms with Gasteiger partial charge in [-0.15, -0.1) is 0 Å². The zero-order valence-corrected chi connectivity index (χ0v) is 10.00. The highest BCUT2D eigenvalue weighted by atomic mass is 15.2. The number of hydrogen-bond acceptors (Lipinski definition) is 1. The van der Waals surface area contributed by atoms with Crippen LogP contribution in [0.1, 0.15) is 46.5 Å². The summed E-state index contributed by atoms with van der Waals surface area (Å²) in [6.07, 6.45) is 5.89. The molecule has 0 amide bonds. The number of rotatable bonds is 2. The lowest BCUT2D eigenvalue weighted by molar-refractivity contribution is 0.0315. The second-order valence-electron chi connectivity index (χ2n) is 5.87. The molecule has 82 valence electrons. The Labute approximate surface area is 88.9 Å². The maximum atomic E-state index is 2.71. The summed E-state index contributed by atoms with van der Waals surface area (Å²) in [5.74, 6) is 2.90. The first-order valence-corrected chi connectivity index (χ1v) is 6.41. The zero-order chi connectivity index (χ0) is 10.1.